The third kappa shape index (κ3) is 9.66. The van der Waals surface area contributed by atoms with Crippen LogP contribution in [0.3, 0.4) is 0 Å². The van der Waals surface area contributed by atoms with Crippen molar-refractivity contribution in [3.05, 3.63) is 51.9 Å². The third-order valence-electron chi connectivity index (χ3n) is 14.0. The van der Waals surface area contributed by atoms with Crippen molar-refractivity contribution in [3.63, 3.8) is 0 Å². The molecule has 9 rings (SSSR count). The first-order valence-corrected chi connectivity index (χ1v) is 24.9. The van der Waals surface area contributed by atoms with Crippen LogP contribution in [0.5, 0.6) is 0 Å². The monoisotopic (exact) mass is 943 g/mol. The standard InChI is InChI=1S/C49H66FN9O7S/c1-8-57-41-21-38(50)35-20-34(41)37(45(57)36-19-32(55-12-15-64-16-13-55)23-51-43(36)30(4)63-7)22-49(5,6)28-66-47(61)39-10-9-11-56(54-39)24-31(18-42-53-40(35)27-67-42)52-46(60)44(29(2)3)59-25-33-26-65-17-14-58(33)48(59)62/h19-21,23,27,29-31,33,39,44,54H,8-18,22,24-26,28H2,1-7H3,(H,52,60)/t30-,31-,33?,39-,44-/m0/s1. The van der Waals surface area contributed by atoms with Gasteiger partial charge in [-0.3, -0.25) is 14.6 Å². The van der Waals surface area contributed by atoms with Crippen LogP contribution in [0, 0.1) is 17.2 Å². The highest BCUT2D eigenvalue weighted by Gasteiger charge is 2.45. The number of methoxy groups -OCH3 is 1. The first-order chi connectivity index (χ1) is 32.2. The lowest BCUT2D eigenvalue weighted by atomic mass is 9.84. The molecule has 0 saturated carbocycles. The number of aryl methyl sites for hydroxylation is 1. The van der Waals surface area contributed by atoms with Gasteiger partial charge in [0.25, 0.3) is 0 Å². The summed E-state index contributed by atoms with van der Waals surface area (Å²) >= 11 is 1.42. The molecule has 362 valence electrons. The maximum atomic E-state index is 16.9. The topological polar surface area (TPSA) is 156 Å². The minimum Gasteiger partial charge on any atom is -0.464 e. The van der Waals surface area contributed by atoms with Gasteiger partial charge in [0.2, 0.25) is 5.91 Å². The quantitative estimate of drug-likeness (QED) is 0.195. The van der Waals surface area contributed by atoms with E-state index in [1.165, 1.54) is 11.3 Å². The first-order valence-electron chi connectivity index (χ1n) is 24.0. The number of pyridine rings is 1. The Hall–Kier alpha value is -4.72. The average molecular weight is 944 g/mol. The van der Waals surface area contributed by atoms with Crippen molar-refractivity contribution in [1.29, 1.82) is 0 Å². The van der Waals surface area contributed by atoms with Crippen LogP contribution >= 0.6 is 11.3 Å². The minimum absolute atomic E-state index is 0.0943. The Kier molecular flexibility index (Phi) is 13.9. The van der Waals surface area contributed by atoms with E-state index in [4.69, 9.17) is 28.9 Å². The molecule has 16 nitrogen and oxygen atoms in total. The molecule has 0 radical (unpaired) electrons. The number of nitrogens with zero attached hydrogens (tertiary/aromatic N) is 7. The van der Waals surface area contributed by atoms with E-state index in [0.717, 1.165) is 63.6 Å². The third-order valence-corrected chi connectivity index (χ3v) is 14.9. The summed E-state index contributed by atoms with van der Waals surface area (Å²) in [4.78, 5) is 58.1. The van der Waals surface area contributed by atoms with Gasteiger partial charge in [-0.1, -0.05) is 27.7 Å². The number of urea groups is 1. The predicted octanol–water partition coefficient (Wildman–Crippen LogP) is 5.81. The van der Waals surface area contributed by atoms with Gasteiger partial charge >= 0.3 is 12.0 Å². The van der Waals surface area contributed by atoms with Crippen molar-refractivity contribution < 1.29 is 37.7 Å². The van der Waals surface area contributed by atoms with Gasteiger partial charge in [-0.2, -0.15) is 0 Å². The van der Waals surface area contributed by atoms with Crippen LogP contribution in [0.4, 0.5) is 14.9 Å². The summed E-state index contributed by atoms with van der Waals surface area (Å²) in [6.45, 7) is 18.4. The molecular weight excluding hydrogens is 878 g/mol. The molecule has 6 bridgehead atoms. The number of ether oxygens (including phenoxy) is 4. The predicted molar refractivity (Wildman–Crippen MR) is 254 cm³/mol. The molecule has 67 heavy (non-hydrogen) atoms. The largest absolute Gasteiger partial charge is 0.464 e. The van der Waals surface area contributed by atoms with Crippen molar-refractivity contribution in [1.82, 2.24) is 40.1 Å². The molecule has 3 amide bonds. The van der Waals surface area contributed by atoms with Crippen LogP contribution in [0.25, 0.3) is 33.4 Å². The summed E-state index contributed by atoms with van der Waals surface area (Å²) in [7, 11) is 1.68. The van der Waals surface area contributed by atoms with Gasteiger partial charge < -0.3 is 43.5 Å². The summed E-state index contributed by atoms with van der Waals surface area (Å²) in [6, 6.07) is 3.74. The van der Waals surface area contributed by atoms with Crippen LogP contribution in [0.15, 0.2) is 29.8 Å². The van der Waals surface area contributed by atoms with Crippen LogP contribution in [0.1, 0.15) is 76.8 Å². The number of aromatic nitrogens is 3. The molecule has 1 aromatic carbocycles. The normalized spacial score (nSPS) is 24.6. The molecule has 4 aromatic rings. The molecule has 0 aliphatic carbocycles. The Morgan fingerprint density at radius 1 is 1.06 bits per heavy atom. The Morgan fingerprint density at radius 2 is 1.85 bits per heavy atom. The highest BCUT2D eigenvalue weighted by molar-refractivity contribution is 7.10. The number of nitrogens with one attached hydrogen (secondary N) is 2. The Labute approximate surface area is 396 Å². The number of thiazole rings is 1. The molecule has 2 N–H and O–H groups in total. The smallest absolute Gasteiger partial charge is 0.324 e. The summed E-state index contributed by atoms with van der Waals surface area (Å²) in [5.74, 6) is -1.15. The number of fused-ring (bicyclic) bond motifs is 7. The molecule has 6 atom stereocenters. The van der Waals surface area contributed by atoms with Crippen LogP contribution < -0.4 is 15.6 Å². The number of carbonyl (C=O) groups excluding carboxylic acids is 3. The van der Waals surface area contributed by atoms with E-state index in [0.29, 0.717) is 89.7 Å². The summed E-state index contributed by atoms with van der Waals surface area (Å²) in [5.41, 5.74) is 9.07. The first kappa shape index (κ1) is 47.4. The van der Waals surface area contributed by atoms with Crippen molar-refractivity contribution in [3.8, 4) is 22.5 Å². The highest BCUT2D eigenvalue weighted by atomic mass is 32.1. The zero-order valence-electron chi connectivity index (χ0n) is 39.9. The molecule has 4 fully saturated rings. The Bertz CT molecular complexity index is 2470. The zero-order chi connectivity index (χ0) is 47.1. The molecule has 0 spiro atoms. The maximum Gasteiger partial charge on any atom is 0.324 e. The zero-order valence-corrected chi connectivity index (χ0v) is 40.8. The number of carbonyl (C=O) groups is 3. The number of benzene rings is 1. The summed E-state index contributed by atoms with van der Waals surface area (Å²) < 4.78 is 42.6. The average Bonchev–Trinajstić information content (AvgIpc) is 4.00. The second-order valence-corrected chi connectivity index (χ2v) is 20.8. The number of amides is 3. The number of morpholine rings is 2. The molecule has 4 saturated heterocycles. The fraction of sp³-hybridized carbons (Fsp3) is 0.612. The number of rotatable bonds is 9. The Morgan fingerprint density at radius 3 is 2.60 bits per heavy atom. The molecular formula is C49H66FN9O7S. The van der Waals surface area contributed by atoms with Gasteiger partial charge in [0.15, 0.2) is 0 Å². The van der Waals surface area contributed by atoms with Crippen molar-refractivity contribution in [2.75, 3.05) is 84.3 Å². The lowest BCUT2D eigenvalue weighted by Gasteiger charge is -2.36. The lowest BCUT2D eigenvalue weighted by molar-refractivity contribution is -0.152. The van der Waals surface area contributed by atoms with Crippen LogP contribution in [-0.4, -0.2) is 151 Å². The maximum absolute atomic E-state index is 16.9. The van der Waals surface area contributed by atoms with E-state index < -0.39 is 29.4 Å². The molecule has 8 heterocycles. The van der Waals surface area contributed by atoms with E-state index in [9.17, 15) is 14.4 Å². The molecule has 5 aliphatic heterocycles. The van der Waals surface area contributed by atoms with Gasteiger partial charge in [0, 0.05) is 92.7 Å². The molecule has 3 aromatic heterocycles. The number of hydrazine groups is 1. The van der Waals surface area contributed by atoms with Gasteiger partial charge in [0.05, 0.1) is 84.7 Å². The van der Waals surface area contributed by atoms with Gasteiger partial charge in [-0.25, -0.2) is 24.6 Å². The minimum atomic E-state index is -0.708. The fourth-order valence-electron chi connectivity index (χ4n) is 10.6. The van der Waals surface area contributed by atoms with E-state index >= 15 is 4.39 Å². The summed E-state index contributed by atoms with van der Waals surface area (Å²) in [5, 5.41) is 8.79. The van der Waals surface area contributed by atoms with Gasteiger partial charge in [0.1, 0.15) is 17.9 Å². The fourth-order valence-corrected chi connectivity index (χ4v) is 11.5. The second-order valence-electron chi connectivity index (χ2n) is 19.8. The van der Waals surface area contributed by atoms with Crippen molar-refractivity contribution in [2.45, 2.75) is 104 Å². The van der Waals surface area contributed by atoms with E-state index in [2.05, 4.69) is 47.0 Å². The Balaban J connectivity index is 1.13. The number of halogens is 1. The van der Waals surface area contributed by atoms with Crippen molar-refractivity contribution >= 4 is 45.8 Å². The SMILES string of the molecule is CCn1c(-c2cc(N3CCOCC3)cnc2[C@H](C)OC)c2c3cc(c(F)cc31)-c1csc(n1)C[C@H](NC(=O)[C@H](C(C)C)N1CC3COCCN3C1=O)CN1CCC[C@H](N1)C(=O)OCC(C)(C)C2. The number of cyclic esters (lactones) is 1. The number of esters is 1. The number of hydrogen-bond acceptors (Lipinski definition) is 13. The molecule has 2 unspecified atom stereocenters. The lowest BCUT2D eigenvalue weighted by Crippen LogP contribution is -2.59. The second kappa shape index (κ2) is 19.7. The molecule has 5 aliphatic rings. The highest BCUT2D eigenvalue weighted by Crippen LogP contribution is 2.44. The van der Waals surface area contributed by atoms with Crippen LogP contribution in [0.2, 0.25) is 0 Å². The van der Waals surface area contributed by atoms with Gasteiger partial charge in [-0.15, -0.1) is 11.3 Å². The van der Waals surface area contributed by atoms with E-state index in [1.54, 1.807) is 18.1 Å². The van der Waals surface area contributed by atoms with Crippen LogP contribution in [-0.2, 0) is 47.9 Å². The summed E-state index contributed by atoms with van der Waals surface area (Å²) in [6.07, 6.45) is 3.76. The van der Waals surface area contributed by atoms with E-state index in [1.807, 2.05) is 48.3 Å². The van der Waals surface area contributed by atoms with Gasteiger partial charge in [-0.05, 0) is 62.8 Å². The van der Waals surface area contributed by atoms with E-state index in [-0.39, 0.29) is 42.6 Å². The number of hydrogen-bond donors (Lipinski definition) is 2. The van der Waals surface area contributed by atoms with Crippen molar-refractivity contribution in [2.24, 2.45) is 11.3 Å². The number of anilines is 1. The molecule has 18 heteroatoms.